The van der Waals surface area contributed by atoms with E-state index in [4.69, 9.17) is 5.11 Å². The molecule has 0 aliphatic carbocycles. The van der Waals surface area contributed by atoms with E-state index in [-0.39, 0.29) is 19.4 Å². The zero-order valence-corrected chi connectivity index (χ0v) is 9.23. The zero-order chi connectivity index (χ0) is 9.68. The van der Waals surface area contributed by atoms with Crippen LogP contribution >= 0.6 is 13.5 Å². The highest BCUT2D eigenvalue weighted by Crippen LogP contribution is 2.11. The molecule has 1 rings (SSSR count). The van der Waals surface area contributed by atoms with Gasteiger partial charge in [-0.15, -0.1) is 0 Å². The van der Waals surface area contributed by atoms with Gasteiger partial charge in [0.25, 0.3) is 0 Å². The Morgan fingerprint density at radius 2 is 1.93 bits per heavy atom. The quantitative estimate of drug-likeness (QED) is 0.832. The average molecular weight is 212 g/mol. The minimum atomic E-state index is -0.702. The second-order valence-electron chi connectivity index (χ2n) is 3.13. The second-order valence-corrected chi connectivity index (χ2v) is 3.13. The van der Waals surface area contributed by atoms with E-state index < -0.39 is 5.97 Å². The molecule has 0 fully saturated rings. The molecule has 78 valence electrons. The number of benzene rings is 1. The smallest absolute Gasteiger partial charge is 0.306 e. The number of carboxylic acids is 1. The number of hydrogen-bond acceptors (Lipinski definition) is 1. The molecule has 1 aromatic carbocycles. The van der Waals surface area contributed by atoms with Gasteiger partial charge in [0.15, 0.2) is 0 Å². The standard InChI is InChI=1S/C11H14O2.H2S/c1-2-10(11(12)13)8-9-6-4-3-5-7-9;/h3-7,10H,2,8H2,1H3,(H,12,13);1H2/t10-;/m0./s1. The van der Waals surface area contributed by atoms with Crippen LogP contribution in [0.25, 0.3) is 0 Å². The van der Waals surface area contributed by atoms with Gasteiger partial charge in [0.1, 0.15) is 0 Å². The second kappa shape index (κ2) is 6.49. The van der Waals surface area contributed by atoms with E-state index in [0.29, 0.717) is 12.8 Å². The molecule has 0 saturated heterocycles. The van der Waals surface area contributed by atoms with Crippen molar-refractivity contribution in [2.75, 3.05) is 0 Å². The molecule has 0 amide bonds. The van der Waals surface area contributed by atoms with Crippen molar-refractivity contribution in [2.24, 2.45) is 5.92 Å². The van der Waals surface area contributed by atoms with Crippen LogP contribution < -0.4 is 0 Å². The SMILES string of the molecule is CC[C@@H](Cc1ccccc1)C(=O)O.S. The Balaban J connectivity index is 0.00000169. The fourth-order valence-electron chi connectivity index (χ4n) is 1.30. The summed E-state index contributed by atoms with van der Waals surface area (Å²) in [5, 5.41) is 8.83. The predicted molar refractivity (Wildman–Crippen MR) is 61.9 cm³/mol. The van der Waals surface area contributed by atoms with Crippen molar-refractivity contribution < 1.29 is 9.90 Å². The van der Waals surface area contributed by atoms with Gasteiger partial charge in [-0.1, -0.05) is 37.3 Å². The van der Waals surface area contributed by atoms with Crippen LogP contribution in [0.3, 0.4) is 0 Å². The number of carbonyl (C=O) groups is 1. The lowest BCUT2D eigenvalue weighted by Crippen LogP contribution is -2.15. The molecule has 0 saturated carbocycles. The Morgan fingerprint density at radius 1 is 1.36 bits per heavy atom. The van der Waals surface area contributed by atoms with Crippen LogP contribution in [0.4, 0.5) is 0 Å². The van der Waals surface area contributed by atoms with Crippen LogP contribution in [0.15, 0.2) is 30.3 Å². The topological polar surface area (TPSA) is 37.3 Å². The molecule has 0 heterocycles. The van der Waals surface area contributed by atoms with E-state index in [1.54, 1.807) is 0 Å². The lowest BCUT2D eigenvalue weighted by molar-refractivity contribution is -0.141. The molecule has 1 atom stereocenters. The Hall–Kier alpha value is -0.960. The maximum absolute atomic E-state index is 10.7. The maximum Gasteiger partial charge on any atom is 0.306 e. The average Bonchev–Trinajstić information content (AvgIpc) is 2.15. The van der Waals surface area contributed by atoms with Crippen LogP contribution in [0.1, 0.15) is 18.9 Å². The molecule has 1 N–H and O–H groups in total. The van der Waals surface area contributed by atoms with Crippen molar-refractivity contribution in [1.82, 2.24) is 0 Å². The van der Waals surface area contributed by atoms with Crippen molar-refractivity contribution in [3.05, 3.63) is 35.9 Å². The Morgan fingerprint density at radius 3 is 2.36 bits per heavy atom. The molecule has 2 nitrogen and oxygen atoms in total. The summed E-state index contributed by atoms with van der Waals surface area (Å²) in [5.41, 5.74) is 1.09. The third-order valence-corrected chi connectivity index (χ3v) is 2.17. The van der Waals surface area contributed by atoms with E-state index in [2.05, 4.69) is 0 Å². The lowest BCUT2D eigenvalue weighted by Gasteiger charge is -2.08. The zero-order valence-electron chi connectivity index (χ0n) is 8.23. The van der Waals surface area contributed by atoms with Crippen LogP contribution in [0.5, 0.6) is 0 Å². The van der Waals surface area contributed by atoms with Crippen LogP contribution in [-0.4, -0.2) is 11.1 Å². The molecule has 14 heavy (non-hydrogen) atoms. The van der Waals surface area contributed by atoms with Gasteiger partial charge in [0, 0.05) is 0 Å². The molecular weight excluding hydrogens is 196 g/mol. The van der Waals surface area contributed by atoms with Crippen LogP contribution in [0.2, 0.25) is 0 Å². The van der Waals surface area contributed by atoms with E-state index in [1.165, 1.54) is 0 Å². The van der Waals surface area contributed by atoms with Gasteiger partial charge in [0.2, 0.25) is 0 Å². The van der Waals surface area contributed by atoms with E-state index in [9.17, 15) is 4.79 Å². The third kappa shape index (κ3) is 3.83. The molecule has 0 bridgehead atoms. The number of carboxylic acid groups (broad SMARTS) is 1. The number of hydrogen-bond donors (Lipinski definition) is 1. The molecule has 1 aromatic rings. The summed E-state index contributed by atoms with van der Waals surface area (Å²) < 4.78 is 0. The summed E-state index contributed by atoms with van der Waals surface area (Å²) >= 11 is 0. The molecule has 0 aliphatic heterocycles. The highest BCUT2D eigenvalue weighted by Gasteiger charge is 2.14. The van der Waals surface area contributed by atoms with Gasteiger partial charge in [-0.05, 0) is 18.4 Å². The van der Waals surface area contributed by atoms with Crippen LogP contribution in [0, 0.1) is 5.92 Å². The molecule has 0 aliphatic rings. The first kappa shape index (κ1) is 13.0. The third-order valence-electron chi connectivity index (χ3n) is 2.17. The van der Waals surface area contributed by atoms with Gasteiger partial charge in [-0.3, -0.25) is 4.79 Å². The van der Waals surface area contributed by atoms with Gasteiger partial charge >= 0.3 is 5.97 Å². The Bertz CT molecular complexity index is 272. The summed E-state index contributed by atoms with van der Waals surface area (Å²) in [4.78, 5) is 10.7. The van der Waals surface area contributed by atoms with E-state index >= 15 is 0 Å². The minimum absolute atomic E-state index is 0. The maximum atomic E-state index is 10.7. The Kier molecular flexibility index (Phi) is 6.04. The van der Waals surface area contributed by atoms with E-state index in [1.807, 2.05) is 37.3 Å². The largest absolute Gasteiger partial charge is 0.481 e. The molecule has 0 aromatic heterocycles. The van der Waals surface area contributed by atoms with Crippen molar-refractivity contribution in [1.29, 1.82) is 0 Å². The molecule has 0 radical (unpaired) electrons. The van der Waals surface area contributed by atoms with Crippen molar-refractivity contribution in [3.63, 3.8) is 0 Å². The molecular formula is C11H16O2S. The van der Waals surface area contributed by atoms with Gasteiger partial charge in [0.05, 0.1) is 5.92 Å². The first-order valence-electron chi connectivity index (χ1n) is 4.50. The van der Waals surface area contributed by atoms with Gasteiger partial charge in [-0.25, -0.2) is 0 Å². The van der Waals surface area contributed by atoms with Crippen molar-refractivity contribution in [3.8, 4) is 0 Å². The van der Waals surface area contributed by atoms with Crippen LogP contribution in [-0.2, 0) is 11.2 Å². The summed E-state index contributed by atoms with van der Waals surface area (Å²) in [7, 11) is 0. The predicted octanol–water partition coefficient (Wildman–Crippen LogP) is 2.45. The van der Waals surface area contributed by atoms with Crippen molar-refractivity contribution >= 4 is 19.5 Å². The first-order chi connectivity index (χ1) is 6.24. The monoisotopic (exact) mass is 212 g/mol. The highest BCUT2D eigenvalue weighted by atomic mass is 32.1. The fourth-order valence-corrected chi connectivity index (χ4v) is 1.30. The summed E-state index contributed by atoms with van der Waals surface area (Å²) in [5.74, 6) is -0.950. The minimum Gasteiger partial charge on any atom is -0.481 e. The number of aliphatic carboxylic acids is 1. The molecule has 0 unspecified atom stereocenters. The van der Waals surface area contributed by atoms with Gasteiger partial charge < -0.3 is 5.11 Å². The van der Waals surface area contributed by atoms with Crippen molar-refractivity contribution in [2.45, 2.75) is 19.8 Å². The normalized spacial score (nSPS) is 11.5. The highest BCUT2D eigenvalue weighted by molar-refractivity contribution is 7.59. The lowest BCUT2D eigenvalue weighted by atomic mass is 9.97. The summed E-state index contributed by atoms with van der Waals surface area (Å²) in [6, 6.07) is 9.73. The van der Waals surface area contributed by atoms with Gasteiger partial charge in [-0.2, -0.15) is 13.5 Å². The Labute approximate surface area is 91.4 Å². The summed E-state index contributed by atoms with van der Waals surface area (Å²) in [6.07, 6.45) is 1.32. The summed E-state index contributed by atoms with van der Waals surface area (Å²) in [6.45, 7) is 1.90. The van der Waals surface area contributed by atoms with E-state index in [0.717, 1.165) is 5.56 Å². The molecule has 0 spiro atoms. The fraction of sp³-hybridized carbons (Fsp3) is 0.364. The molecule has 3 heteroatoms. The number of rotatable bonds is 4. The first-order valence-corrected chi connectivity index (χ1v) is 4.50.